The van der Waals surface area contributed by atoms with Gasteiger partial charge in [0.05, 0.1) is 5.56 Å². The standard InChI is InChI=1S/C15H18ClFN2O2/c1-2-3-14(20)18-6-8-19(9-7-18)15(21)12-10-11(16)4-5-13(12)17/h4-5,10H,2-3,6-9H2,1H3. The van der Waals surface area contributed by atoms with Crippen LogP contribution in [0.1, 0.15) is 30.1 Å². The molecule has 1 fully saturated rings. The van der Waals surface area contributed by atoms with Crippen molar-refractivity contribution in [2.45, 2.75) is 19.8 Å². The second-order valence-corrected chi connectivity index (χ2v) is 5.48. The number of halogens is 2. The first-order chi connectivity index (χ1) is 10.0. The van der Waals surface area contributed by atoms with Crippen LogP contribution >= 0.6 is 11.6 Å². The molecular weight excluding hydrogens is 295 g/mol. The lowest BCUT2D eigenvalue weighted by Crippen LogP contribution is -2.50. The van der Waals surface area contributed by atoms with Crippen LogP contribution in [-0.4, -0.2) is 47.8 Å². The Bertz CT molecular complexity index is 542. The summed E-state index contributed by atoms with van der Waals surface area (Å²) in [4.78, 5) is 27.4. The molecule has 0 saturated carbocycles. The fourth-order valence-corrected chi connectivity index (χ4v) is 2.53. The van der Waals surface area contributed by atoms with E-state index in [4.69, 9.17) is 11.6 Å². The van der Waals surface area contributed by atoms with Crippen LogP contribution in [-0.2, 0) is 4.79 Å². The molecule has 0 aliphatic carbocycles. The van der Waals surface area contributed by atoms with Gasteiger partial charge in [-0.25, -0.2) is 4.39 Å². The highest BCUT2D eigenvalue weighted by Gasteiger charge is 2.25. The van der Waals surface area contributed by atoms with Gasteiger partial charge in [-0.1, -0.05) is 18.5 Å². The van der Waals surface area contributed by atoms with Gasteiger partial charge in [0, 0.05) is 37.6 Å². The monoisotopic (exact) mass is 312 g/mol. The zero-order valence-electron chi connectivity index (χ0n) is 11.9. The van der Waals surface area contributed by atoms with E-state index >= 15 is 0 Å². The van der Waals surface area contributed by atoms with Crippen molar-refractivity contribution < 1.29 is 14.0 Å². The fraction of sp³-hybridized carbons (Fsp3) is 0.467. The lowest BCUT2D eigenvalue weighted by Gasteiger charge is -2.35. The molecule has 2 amide bonds. The van der Waals surface area contributed by atoms with Crippen LogP contribution in [0.5, 0.6) is 0 Å². The Morgan fingerprint density at radius 1 is 1.19 bits per heavy atom. The molecule has 0 unspecified atom stereocenters. The van der Waals surface area contributed by atoms with Crippen LogP contribution in [0.4, 0.5) is 4.39 Å². The minimum Gasteiger partial charge on any atom is -0.339 e. The van der Waals surface area contributed by atoms with Gasteiger partial charge in [0.15, 0.2) is 0 Å². The minimum atomic E-state index is -0.575. The van der Waals surface area contributed by atoms with Crippen molar-refractivity contribution >= 4 is 23.4 Å². The van der Waals surface area contributed by atoms with Crippen LogP contribution in [0, 0.1) is 5.82 Å². The summed E-state index contributed by atoms with van der Waals surface area (Å²) in [5.41, 5.74) is -0.0177. The van der Waals surface area contributed by atoms with E-state index in [1.54, 1.807) is 9.80 Å². The predicted molar refractivity (Wildman–Crippen MR) is 78.8 cm³/mol. The molecule has 1 aromatic rings. The smallest absolute Gasteiger partial charge is 0.257 e. The van der Waals surface area contributed by atoms with Gasteiger partial charge in [-0.15, -0.1) is 0 Å². The van der Waals surface area contributed by atoms with E-state index in [0.717, 1.165) is 6.42 Å². The summed E-state index contributed by atoms with van der Waals surface area (Å²) in [6, 6.07) is 3.94. The van der Waals surface area contributed by atoms with Crippen LogP contribution in [0.3, 0.4) is 0 Å². The predicted octanol–water partition coefficient (Wildman–Crippen LogP) is 2.56. The van der Waals surface area contributed by atoms with Crippen molar-refractivity contribution in [1.29, 1.82) is 0 Å². The Labute approximate surface area is 128 Å². The molecule has 114 valence electrons. The highest BCUT2D eigenvalue weighted by Crippen LogP contribution is 2.18. The molecule has 1 aromatic carbocycles. The van der Waals surface area contributed by atoms with Gasteiger partial charge in [-0.2, -0.15) is 0 Å². The van der Waals surface area contributed by atoms with Gasteiger partial charge < -0.3 is 9.80 Å². The summed E-state index contributed by atoms with van der Waals surface area (Å²) in [6.07, 6.45) is 1.34. The normalized spacial score (nSPS) is 15.2. The van der Waals surface area contributed by atoms with Crippen molar-refractivity contribution in [3.8, 4) is 0 Å². The zero-order chi connectivity index (χ0) is 15.4. The fourth-order valence-electron chi connectivity index (χ4n) is 2.36. The molecule has 21 heavy (non-hydrogen) atoms. The van der Waals surface area contributed by atoms with Gasteiger partial charge in [0.25, 0.3) is 5.91 Å². The number of piperazine rings is 1. The summed E-state index contributed by atoms with van der Waals surface area (Å²) >= 11 is 5.81. The number of carbonyl (C=O) groups excluding carboxylic acids is 2. The molecule has 0 atom stereocenters. The highest BCUT2D eigenvalue weighted by molar-refractivity contribution is 6.31. The lowest BCUT2D eigenvalue weighted by molar-refractivity contribution is -0.132. The zero-order valence-corrected chi connectivity index (χ0v) is 12.7. The number of hydrogen-bond donors (Lipinski definition) is 0. The molecule has 0 radical (unpaired) electrons. The van der Waals surface area contributed by atoms with Crippen LogP contribution in [0.25, 0.3) is 0 Å². The molecule has 0 N–H and O–H groups in total. The Kier molecular flexibility index (Phi) is 5.17. The van der Waals surface area contributed by atoms with Crippen molar-refractivity contribution in [1.82, 2.24) is 9.80 Å². The molecule has 0 aromatic heterocycles. The summed E-state index contributed by atoms with van der Waals surface area (Å²) in [7, 11) is 0. The lowest BCUT2D eigenvalue weighted by atomic mass is 10.1. The third-order valence-electron chi connectivity index (χ3n) is 3.54. The Morgan fingerprint density at radius 2 is 1.81 bits per heavy atom. The molecular formula is C15H18ClFN2O2. The van der Waals surface area contributed by atoms with Crippen LogP contribution in [0.2, 0.25) is 5.02 Å². The third-order valence-corrected chi connectivity index (χ3v) is 3.78. The topological polar surface area (TPSA) is 40.6 Å². The summed E-state index contributed by atoms with van der Waals surface area (Å²) in [6.45, 7) is 3.78. The quantitative estimate of drug-likeness (QED) is 0.860. The van der Waals surface area contributed by atoms with Gasteiger partial charge in [0.2, 0.25) is 5.91 Å². The molecule has 1 aliphatic heterocycles. The molecule has 6 heteroatoms. The number of amides is 2. The average Bonchev–Trinajstić information content (AvgIpc) is 2.49. The molecule has 4 nitrogen and oxygen atoms in total. The van der Waals surface area contributed by atoms with Gasteiger partial charge in [-0.05, 0) is 24.6 Å². The Hall–Kier alpha value is -1.62. The maximum absolute atomic E-state index is 13.7. The van der Waals surface area contributed by atoms with Crippen LogP contribution < -0.4 is 0 Å². The second kappa shape index (κ2) is 6.89. The Balaban J connectivity index is 2.00. The van der Waals surface area contributed by atoms with E-state index < -0.39 is 5.82 Å². The number of hydrogen-bond acceptors (Lipinski definition) is 2. The molecule has 2 rings (SSSR count). The van der Waals surface area contributed by atoms with Gasteiger partial charge in [-0.3, -0.25) is 9.59 Å². The first kappa shape index (κ1) is 15.8. The number of benzene rings is 1. The molecule has 0 bridgehead atoms. The maximum atomic E-state index is 13.7. The Morgan fingerprint density at radius 3 is 2.43 bits per heavy atom. The van der Waals surface area contributed by atoms with Crippen molar-refractivity contribution in [2.24, 2.45) is 0 Å². The molecule has 1 aliphatic rings. The van der Waals surface area contributed by atoms with Crippen molar-refractivity contribution in [2.75, 3.05) is 26.2 Å². The first-order valence-corrected chi connectivity index (χ1v) is 7.42. The number of nitrogens with zero attached hydrogens (tertiary/aromatic N) is 2. The SMILES string of the molecule is CCCC(=O)N1CCN(C(=O)c2cc(Cl)ccc2F)CC1. The highest BCUT2D eigenvalue weighted by atomic mass is 35.5. The van der Waals surface area contributed by atoms with E-state index in [0.29, 0.717) is 37.6 Å². The summed E-state index contributed by atoms with van der Waals surface area (Å²) in [5, 5.41) is 0.330. The van der Waals surface area contributed by atoms with E-state index in [-0.39, 0.29) is 17.4 Å². The molecule has 0 spiro atoms. The van der Waals surface area contributed by atoms with E-state index in [1.165, 1.54) is 18.2 Å². The number of carbonyl (C=O) groups is 2. The van der Waals surface area contributed by atoms with Crippen molar-refractivity contribution in [3.63, 3.8) is 0 Å². The largest absolute Gasteiger partial charge is 0.339 e. The molecule has 1 heterocycles. The van der Waals surface area contributed by atoms with E-state index in [1.807, 2.05) is 6.92 Å². The summed E-state index contributed by atoms with van der Waals surface area (Å²) in [5.74, 6) is -0.843. The summed E-state index contributed by atoms with van der Waals surface area (Å²) < 4.78 is 13.7. The second-order valence-electron chi connectivity index (χ2n) is 5.05. The minimum absolute atomic E-state index is 0.0177. The maximum Gasteiger partial charge on any atom is 0.257 e. The third kappa shape index (κ3) is 3.73. The number of rotatable bonds is 3. The first-order valence-electron chi connectivity index (χ1n) is 7.05. The van der Waals surface area contributed by atoms with Crippen molar-refractivity contribution in [3.05, 3.63) is 34.6 Å². The van der Waals surface area contributed by atoms with Gasteiger partial charge in [0.1, 0.15) is 5.82 Å². The molecule has 1 saturated heterocycles. The van der Waals surface area contributed by atoms with E-state index in [9.17, 15) is 14.0 Å². The van der Waals surface area contributed by atoms with E-state index in [2.05, 4.69) is 0 Å². The van der Waals surface area contributed by atoms with Crippen LogP contribution in [0.15, 0.2) is 18.2 Å². The van der Waals surface area contributed by atoms with Gasteiger partial charge >= 0.3 is 0 Å². The average molecular weight is 313 g/mol.